The van der Waals surface area contributed by atoms with E-state index in [1.165, 1.54) is 11.3 Å². The van der Waals surface area contributed by atoms with E-state index in [0.717, 1.165) is 36.2 Å². The molecule has 25 heavy (non-hydrogen) atoms. The van der Waals surface area contributed by atoms with E-state index >= 15 is 0 Å². The van der Waals surface area contributed by atoms with Crippen molar-refractivity contribution in [2.75, 3.05) is 38.5 Å². The molecule has 0 amide bonds. The molecule has 1 aromatic rings. The average molecular weight is 405 g/mol. The molecule has 1 aromatic heterocycles. The van der Waals surface area contributed by atoms with Crippen LogP contribution in [0, 0.1) is 6.92 Å². The van der Waals surface area contributed by atoms with E-state index in [-0.39, 0.29) is 4.75 Å². The number of guanidine groups is 1. The molecule has 0 atom stereocenters. The van der Waals surface area contributed by atoms with Gasteiger partial charge in [0.05, 0.1) is 6.54 Å². The van der Waals surface area contributed by atoms with Crippen LogP contribution in [0.3, 0.4) is 0 Å². The topological polar surface area (TPSA) is 73.8 Å². The molecular weight excluding hydrogens is 376 g/mol. The first-order valence-corrected chi connectivity index (χ1v) is 11.8. The fraction of sp³-hybridized carbons (Fsp3) is 0.688. The van der Waals surface area contributed by atoms with E-state index in [9.17, 15) is 8.42 Å². The molecule has 2 rings (SSSR count). The molecule has 0 unspecified atom stereocenters. The van der Waals surface area contributed by atoms with Crippen LogP contribution in [0.4, 0.5) is 0 Å². The molecular formula is C16H28N4O2S3. The van der Waals surface area contributed by atoms with E-state index in [2.05, 4.69) is 33.8 Å². The Bertz CT molecular complexity index is 698. The highest BCUT2D eigenvalue weighted by molar-refractivity contribution is 8.00. The summed E-state index contributed by atoms with van der Waals surface area (Å²) in [6.45, 7) is 11.8. The number of aliphatic imine (C=N–C) groups is 1. The highest BCUT2D eigenvalue weighted by Gasteiger charge is 2.28. The second-order valence-corrected chi connectivity index (χ2v) is 11.6. The summed E-state index contributed by atoms with van der Waals surface area (Å²) in [6, 6.07) is 3.46. The molecule has 1 aliphatic rings. The summed E-state index contributed by atoms with van der Waals surface area (Å²) < 4.78 is 27.6. The average Bonchev–Trinajstić information content (AvgIpc) is 2.97. The second kappa shape index (κ2) is 8.75. The van der Waals surface area contributed by atoms with Gasteiger partial charge < -0.3 is 10.2 Å². The Kier molecular flexibility index (Phi) is 7.19. The first-order chi connectivity index (χ1) is 11.7. The number of rotatable bonds is 6. The minimum absolute atomic E-state index is 0.201. The molecule has 2 N–H and O–H groups in total. The fourth-order valence-electron chi connectivity index (χ4n) is 2.59. The van der Waals surface area contributed by atoms with Crippen LogP contribution in [0.25, 0.3) is 0 Å². The quantitative estimate of drug-likeness (QED) is 0.432. The van der Waals surface area contributed by atoms with Crippen LogP contribution in [-0.2, 0) is 10.0 Å². The predicted octanol–water partition coefficient (Wildman–Crippen LogP) is 2.13. The van der Waals surface area contributed by atoms with Crippen molar-refractivity contribution in [3.63, 3.8) is 0 Å². The highest BCUT2D eigenvalue weighted by Crippen LogP contribution is 2.29. The van der Waals surface area contributed by atoms with Gasteiger partial charge in [-0.2, -0.15) is 11.8 Å². The van der Waals surface area contributed by atoms with Gasteiger partial charge in [0.15, 0.2) is 5.96 Å². The second-order valence-electron chi connectivity index (χ2n) is 6.53. The van der Waals surface area contributed by atoms with Gasteiger partial charge in [-0.05, 0) is 39.8 Å². The molecule has 0 bridgehead atoms. The lowest BCUT2D eigenvalue weighted by Gasteiger charge is -2.39. The molecule has 9 heteroatoms. The van der Waals surface area contributed by atoms with E-state index in [1.54, 1.807) is 6.07 Å². The first-order valence-electron chi connectivity index (χ1n) is 8.47. The molecule has 0 spiro atoms. The number of thiophene rings is 1. The lowest BCUT2D eigenvalue weighted by Crippen LogP contribution is -2.51. The van der Waals surface area contributed by atoms with Crippen LogP contribution >= 0.6 is 23.1 Å². The molecule has 142 valence electrons. The van der Waals surface area contributed by atoms with Crippen molar-refractivity contribution < 1.29 is 8.42 Å². The van der Waals surface area contributed by atoms with Crippen LogP contribution < -0.4 is 10.0 Å². The maximum atomic E-state index is 12.2. The van der Waals surface area contributed by atoms with Gasteiger partial charge in [-0.15, -0.1) is 11.3 Å². The van der Waals surface area contributed by atoms with Gasteiger partial charge in [-0.25, -0.2) is 13.1 Å². The number of sulfonamides is 1. The lowest BCUT2D eigenvalue weighted by atomic mass is 10.2. The minimum atomic E-state index is -3.43. The van der Waals surface area contributed by atoms with Crippen LogP contribution in [0.5, 0.6) is 0 Å². The largest absolute Gasteiger partial charge is 0.357 e. The maximum absolute atomic E-state index is 12.2. The molecule has 1 aliphatic heterocycles. The van der Waals surface area contributed by atoms with Crippen LogP contribution in [0.1, 0.15) is 25.6 Å². The molecule has 1 fully saturated rings. The summed E-state index contributed by atoms with van der Waals surface area (Å²) in [7, 11) is -3.43. The van der Waals surface area contributed by atoms with Gasteiger partial charge in [0.2, 0.25) is 10.0 Å². The number of hydrogen-bond acceptors (Lipinski definition) is 5. The van der Waals surface area contributed by atoms with Crippen molar-refractivity contribution in [3.8, 4) is 0 Å². The van der Waals surface area contributed by atoms with Gasteiger partial charge >= 0.3 is 0 Å². The summed E-state index contributed by atoms with van der Waals surface area (Å²) >= 11 is 3.26. The Hall–Kier alpha value is -0.770. The Morgan fingerprint density at radius 2 is 2.16 bits per heavy atom. The van der Waals surface area contributed by atoms with Crippen molar-refractivity contribution in [3.05, 3.63) is 17.0 Å². The molecule has 2 heterocycles. The standard InChI is InChI=1S/C16H28N4O2S3/c1-5-17-15(20-10-11-23-16(3,4)12-20)18-8-9-19-25(21,22)14-7-6-13(2)24-14/h6-7,19H,5,8-12H2,1-4H3,(H,17,18). The van der Waals surface area contributed by atoms with Gasteiger partial charge in [-0.3, -0.25) is 4.99 Å². The third-order valence-corrected chi connectivity index (χ3v) is 7.96. The molecule has 6 nitrogen and oxygen atoms in total. The smallest absolute Gasteiger partial charge is 0.250 e. The number of hydrogen-bond donors (Lipinski definition) is 2. The predicted molar refractivity (Wildman–Crippen MR) is 108 cm³/mol. The van der Waals surface area contributed by atoms with Crippen molar-refractivity contribution >= 4 is 39.1 Å². The van der Waals surface area contributed by atoms with Gasteiger partial charge in [0.25, 0.3) is 0 Å². The summed E-state index contributed by atoms with van der Waals surface area (Å²) in [5.41, 5.74) is 0. The maximum Gasteiger partial charge on any atom is 0.250 e. The van der Waals surface area contributed by atoms with Crippen LogP contribution in [-0.4, -0.2) is 62.5 Å². The summed E-state index contributed by atoms with van der Waals surface area (Å²) in [5, 5.41) is 3.31. The van der Waals surface area contributed by atoms with Gasteiger partial charge in [0, 0.05) is 41.6 Å². The van der Waals surface area contributed by atoms with Crippen molar-refractivity contribution in [2.45, 2.75) is 36.7 Å². The zero-order chi connectivity index (χ0) is 18.5. The molecule has 0 saturated carbocycles. The minimum Gasteiger partial charge on any atom is -0.357 e. The lowest BCUT2D eigenvalue weighted by molar-refractivity contribution is 0.376. The Morgan fingerprint density at radius 1 is 1.40 bits per heavy atom. The third-order valence-electron chi connectivity index (χ3n) is 3.71. The van der Waals surface area contributed by atoms with E-state index in [0.29, 0.717) is 17.3 Å². The van der Waals surface area contributed by atoms with Gasteiger partial charge in [-0.1, -0.05) is 0 Å². The molecule has 0 radical (unpaired) electrons. The Morgan fingerprint density at radius 3 is 2.76 bits per heavy atom. The summed E-state index contributed by atoms with van der Waals surface area (Å²) in [5.74, 6) is 1.93. The van der Waals surface area contributed by atoms with Crippen molar-refractivity contribution in [2.24, 2.45) is 4.99 Å². The Balaban J connectivity index is 1.93. The Labute approximate surface area is 159 Å². The molecule has 0 aliphatic carbocycles. The molecule has 1 saturated heterocycles. The van der Waals surface area contributed by atoms with E-state index in [4.69, 9.17) is 0 Å². The first kappa shape index (κ1) is 20.5. The van der Waals surface area contributed by atoms with E-state index in [1.807, 2.05) is 31.7 Å². The van der Waals surface area contributed by atoms with Crippen LogP contribution in [0.2, 0.25) is 0 Å². The fourth-order valence-corrected chi connectivity index (χ4v) is 6.05. The summed E-state index contributed by atoms with van der Waals surface area (Å²) in [4.78, 5) is 7.85. The highest BCUT2D eigenvalue weighted by atomic mass is 32.2. The van der Waals surface area contributed by atoms with E-state index < -0.39 is 10.0 Å². The number of thioether (sulfide) groups is 1. The van der Waals surface area contributed by atoms with Crippen LogP contribution in [0.15, 0.2) is 21.3 Å². The normalized spacial score (nSPS) is 18.4. The van der Waals surface area contributed by atoms with Gasteiger partial charge in [0.1, 0.15) is 4.21 Å². The summed E-state index contributed by atoms with van der Waals surface area (Å²) in [6.07, 6.45) is 0. The molecule has 0 aromatic carbocycles. The zero-order valence-electron chi connectivity index (χ0n) is 15.3. The monoisotopic (exact) mass is 404 g/mol. The zero-order valence-corrected chi connectivity index (χ0v) is 17.8. The van der Waals surface area contributed by atoms with Crippen molar-refractivity contribution in [1.29, 1.82) is 0 Å². The third kappa shape index (κ3) is 6.16. The SMILES string of the molecule is CCNC(=NCCNS(=O)(=O)c1ccc(C)s1)N1CCSC(C)(C)C1. The number of nitrogens with one attached hydrogen (secondary N) is 2. The number of aryl methyl sites for hydroxylation is 1. The number of nitrogens with zero attached hydrogens (tertiary/aromatic N) is 2. The van der Waals surface area contributed by atoms with Crippen molar-refractivity contribution in [1.82, 2.24) is 14.9 Å².